The number of carboxylic acid groups (broad SMARTS) is 1. The largest absolute Gasteiger partial charge is 0.481 e. The van der Waals surface area contributed by atoms with E-state index in [-0.39, 0.29) is 37.6 Å². The molecule has 1 N–H and O–H groups in total. The Kier molecular flexibility index (Phi) is 5.48. The summed E-state index contributed by atoms with van der Waals surface area (Å²) in [5.41, 5.74) is 3.22. The normalized spacial score (nSPS) is 19.5. The highest BCUT2D eigenvalue weighted by Gasteiger charge is 2.29. The minimum absolute atomic E-state index is 0.0360. The summed E-state index contributed by atoms with van der Waals surface area (Å²) in [6.07, 6.45) is 3.34. The van der Waals surface area contributed by atoms with Crippen LogP contribution in [0.25, 0.3) is 0 Å². The van der Waals surface area contributed by atoms with Crippen molar-refractivity contribution in [1.29, 1.82) is 0 Å². The van der Waals surface area contributed by atoms with Crippen LogP contribution in [0.2, 0.25) is 0 Å². The van der Waals surface area contributed by atoms with Gasteiger partial charge in [0.2, 0.25) is 5.91 Å². The maximum atomic E-state index is 12.4. The molecule has 0 spiro atoms. The van der Waals surface area contributed by atoms with Crippen LogP contribution >= 0.6 is 0 Å². The van der Waals surface area contributed by atoms with Gasteiger partial charge < -0.3 is 14.7 Å². The Bertz CT molecular complexity index is 684. The number of fused-ring (bicyclic) bond motifs is 1. The number of Topliss-reactive ketones (excluding diaryl/α,β-unsaturated/α-hetero) is 1. The predicted octanol–water partition coefficient (Wildman–Crippen LogP) is 1.84. The highest BCUT2D eigenvalue weighted by Crippen LogP contribution is 2.23. The molecule has 134 valence electrons. The van der Waals surface area contributed by atoms with E-state index in [2.05, 4.69) is 0 Å². The molecule has 1 saturated heterocycles. The molecule has 1 unspecified atom stereocenters. The fourth-order valence-electron chi connectivity index (χ4n) is 3.61. The predicted molar refractivity (Wildman–Crippen MR) is 90.6 cm³/mol. The van der Waals surface area contributed by atoms with E-state index in [1.54, 1.807) is 4.90 Å². The molecule has 1 heterocycles. The maximum absolute atomic E-state index is 12.4. The van der Waals surface area contributed by atoms with Crippen molar-refractivity contribution in [3.63, 3.8) is 0 Å². The number of amides is 1. The number of nitrogens with zero attached hydrogens (tertiary/aromatic N) is 1. The van der Waals surface area contributed by atoms with Crippen LogP contribution in [0, 0.1) is 0 Å². The molecule has 6 nitrogen and oxygen atoms in total. The first-order chi connectivity index (χ1) is 12.0. The van der Waals surface area contributed by atoms with Crippen LogP contribution in [0.3, 0.4) is 0 Å². The molecule has 1 aromatic rings. The van der Waals surface area contributed by atoms with Crippen molar-refractivity contribution in [2.75, 3.05) is 19.8 Å². The third-order valence-corrected chi connectivity index (χ3v) is 4.94. The second-order valence-electron chi connectivity index (χ2n) is 6.67. The minimum atomic E-state index is -0.956. The van der Waals surface area contributed by atoms with Gasteiger partial charge in [0.25, 0.3) is 0 Å². The number of ether oxygens (including phenoxy) is 1. The number of aryl methyl sites for hydroxylation is 2. The van der Waals surface area contributed by atoms with Gasteiger partial charge in [-0.15, -0.1) is 0 Å². The summed E-state index contributed by atoms with van der Waals surface area (Å²) >= 11 is 0. The maximum Gasteiger partial charge on any atom is 0.305 e. The molecule has 1 aromatic carbocycles. The number of hydrogen-bond donors (Lipinski definition) is 1. The van der Waals surface area contributed by atoms with Gasteiger partial charge in [0.05, 0.1) is 25.7 Å². The van der Waals surface area contributed by atoms with Crippen molar-refractivity contribution in [2.45, 2.75) is 44.6 Å². The van der Waals surface area contributed by atoms with Crippen LogP contribution in [0.5, 0.6) is 0 Å². The van der Waals surface area contributed by atoms with Gasteiger partial charge in [0.1, 0.15) is 0 Å². The number of benzene rings is 1. The van der Waals surface area contributed by atoms with E-state index in [4.69, 9.17) is 9.84 Å². The summed E-state index contributed by atoms with van der Waals surface area (Å²) in [5, 5.41) is 8.96. The molecule has 1 amide bonds. The number of ketones is 1. The quantitative estimate of drug-likeness (QED) is 0.796. The number of carbonyl (C=O) groups excluding carboxylic acids is 2. The van der Waals surface area contributed by atoms with E-state index in [1.807, 2.05) is 18.2 Å². The Morgan fingerprint density at radius 1 is 1.16 bits per heavy atom. The smallest absolute Gasteiger partial charge is 0.305 e. The second kappa shape index (κ2) is 7.78. The van der Waals surface area contributed by atoms with Gasteiger partial charge in [-0.25, -0.2) is 0 Å². The number of carbonyl (C=O) groups is 3. The van der Waals surface area contributed by atoms with E-state index < -0.39 is 12.0 Å². The molecular formula is C19H23NO5. The Labute approximate surface area is 146 Å². The topological polar surface area (TPSA) is 83.9 Å². The van der Waals surface area contributed by atoms with Crippen LogP contribution < -0.4 is 0 Å². The van der Waals surface area contributed by atoms with E-state index in [9.17, 15) is 14.4 Å². The molecule has 0 aromatic heterocycles. The van der Waals surface area contributed by atoms with Gasteiger partial charge in [0.15, 0.2) is 5.78 Å². The van der Waals surface area contributed by atoms with Gasteiger partial charge in [0, 0.05) is 24.9 Å². The molecule has 1 aliphatic carbocycles. The number of rotatable bonds is 6. The summed E-state index contributed by atoms with van der Waals surface area (Å²) in [4.78, 5) is 37.3. The van der Waals surface area contributed by atoms with Crippen molar-refractivity contribution >= 4 is 17.7 Å². The van der Waals surface area contributed by atoms with Crippen LogP contribution in [-0.2, 0) is 27.2 Å². The van der Waals surface area contributed by atoms with E-state index in [0.29, 0.717) is 18.7 Å². The number of morpholine rings is 1. The van der Waals surface area contributed by atoms with Gasteiger partial charge in [-0.1, -0.05) is 12.1 Å². The number of aliphatic carboxylic acids is 1. The summed E-state index contributed by atoms with van der Waals surface area (Å²) in [5.74, 6) is -1.17. The standard InChI is InChI=1S/C19H23NO5/c21-17(15-5-4-13-2-1-3-14(13)10-15)6-7-18(22)20-8-9-25-12-16(20)11-19(23)24/h4-5,10,16H,1-3,6-9,11-12H2,(H,23,24). The summed E-state index contributed by atoms with van der Waals surface area (Å²) < 4.78 is 5.28. The summed E-state index contributed by atoms with van der Waals surface area (Å²) in [6.45, 7) is 1.02. The lowest BCUT2D eigenvalue weighted by Crippen LogP contribution is -2.49. The van der Waals surface area contributed by atoms with Gasteiger partial charge >= 0.3 is 5.97 Å². The molecule has 1 aliphatic heterocycles. The molecule has 6 heteroatoms. The Hall–Kier alpha value is -2.21. The molecular weight excluding hydrogens is 322 g/mol. The summed E-state index contributed by atoms with van der Waals surface area (Å²) in [6, 6.07) is 5.37. The van der Waals surface area contributed by atoms with Crippen molar-refractivity contribution in [3.8, 4) is 0 Å². The summed E-state index contributed by atoms with van der Waals surface area (Å²) in [7, 11) is 0. The van der Waals surface area contributed by atoms with Crippen molar-refractivity contribution in [1.82, 2.24) is 4.90 Å². The molecule has 1 atom stereocenters. The van der Waals surface area contributed by atoms with Gasteiger partial charge in [-0.3, -0.25) is 14.4 Å². The first-order valence-electron chi connectivity index (χ1n) is 8.78. The molecule has 0 saturated carbocycles. The highest BCUT2D eigenvalue weighted by atomic mass is 16.5. The van der Waals surface area contributed by atoms with Crippen LogP contribution in [0.1, 0.15) is 47.2 Å². The zero-order valence-corrected chi connectivity index (χ0v) is 14.2. The van der Waals surface area contributed by atoms with E-state index in [0.717, 1.165) is 19.3 Å². The minimum Gasteiger partial charge on any atom is -0.481 e. The highest BCUT2D eigenvalue weighted by molar-refractivity contribution is 5.98. The monoisotopic (exact) mass is 345 g/mol. The number of hydrogen-bond acceptors (Lipinski definition) is 4. The number of carboxylic acids is 1. The lowest BCUT2D eigenvalue weighted by molar-refractivity contribution is -0.146. The van der Waals surface area contributed by atoms with Crippen LogP contribution in [0.4, 0.5) is 0 Å². The first-order valence-corrected chi connectivity index (χ1v) is 8.78. The second-order valence-corrected chi connectivity index (χ2v) is 6.67. The lowest BCUT2D eigenvalue weighted by Gasteiger charge is -2.34. The van der Waals surface area contributed by atoms with Gasteiger partial charge in [-0.2, -0.15) is 0 Å². The Morgan fingerprint density at radius 3 is 2.76 bits per heavy atom. The van der Waals surface area contributed by atoms with E-state index in [1.165, 1.54) is 11.1 Å². The average Bonchev–Trinajstić information content (AvgIpc) is 3.07. The molecule has 25 heavy (non-hydrogen) atoms. The Morgan fingerprint density at radius 2 is 1.96 bits per heavy atom. The third-order valence-electron chi connectivity index (χ3n) is 4.94. The zero-order valence-electron chi connectivity index (χ0n) is 14.2. The molecule has 1 fully saturated rings. The third kappa shape index (κ3) is 4.25. The van der Waals surface area contributed by atoms with E-state index >= 15 is 0 Å². The fraction of sp³-hybridized carbons (Fsp3) is 0.526. The van der Waals surface area contributed by atoms with Crippen LogP contribution in [0.15, 0.2) is 18.2 Å². The van der Waals surface area contributed by atoms with Crippen molar-refractivity contribution in [3.05, 3.63) is 34.9 Å². The molecule has 3 rings (SSSR count). The first kappa shape index (κ1) is 17.6. The molecule has 0 bridgehead atoms. The van der Waals surface area contributed by atoms with Gasteiger partial charge in [-0.05, 0) is 36.5 Å². The lowest BCUT2D eigenvalue weighted by atomic mass is 10.0. The van der Waals surface area contributed by atoms with Crippen molar-refractivity contribution < 1.29 is 24.2 Å². The molecule has 2 aliphatic rings. The Balaban J connectivity index is 1.57. The molecule has 0 radical (unpaired) electrons. The van der Waals surface area contributed by atoms with Crippen molar-refractivity contribution in [2.24, 2.45) is 0 Å². The average molecular weight is 345 g/mol. The van der Waals surface area contributed by atoms with Crippen LogP contribution in [-0.4, -0.2) is 53.5 Å². The SMILES string of the molecule is O=C(O)CC1COCCN1C(=O)CCC(=O)c1ccc2c(c1)CCC2. The fourth-order valence-corrected chi connectivity index (χ4v) is 3.61. The zero-order chi connectivity index (χ0) is 17.8.